The van der Waals surface area contributed by atoms with Crippen LogP contribution in [0, 0.1) is 13.8 Å². The lowest BCUT2D eigenvalue weighted by Crippen LogP contribution is -2.07. The van der Waals surface area contributed by atoms with Crippen LogP contribution in [0.15, 0.2) is 72.8 Å². The van der Waals surface area contributed by atoms with Crippen molar-refractivity contribution in [1.82, 2.24) is 4.98 Å². The average Bonchev–Trinajstić information content (AvgIpc) is 2.69. The number of pyridine rings is 1. The monoisotopic (exact) mass is 367 g/mol. The third-order valence-electron chi connectivity index (χ3n) is 5.03. The summed E-state index contributed by atoms with van der Waals surface area (Å²) in [7, 11) is 0. The van der Waals surface area contributed by atoms with Crippen LogP contribution in [-0.2, 0) is 11.2 Å². The molecule has 3 heteroatoms. The summed E-state index contributed by atoms with van der Waals surface area (Å²) >= 11 is 0. The van der Waals surface area contributed by atoms with Crippen LogP contribution in [0.25, 0.3) is 33.3 Å². The molecule has 4 rings (SSSR count). The number of fused-ring (bicyclic) bond motifs is 1. The third kappa shape index (κ3) is 3.27. The molecule has 0 saturated heterocycles. The van der Waals surface area contributed by atoms with E-state index in [0.717, 1.165) is 50.0 Å². The van der Waals surface area contributed by atoms with Crippen molar-refractivity contribution in [1.29, 1.82) is 0 Å². The number of aromatic nitrogens is 1. The van der Waals surface area contributed by atoms with Crippen LogP contribution in [-0.4, -0.2) is 16.1 Å². The maximum Gasteiger partial charge on any atom is 0.307 e. The maximum atomic E-state index is 11.8. The number of aryl methyl sites for hydroxylation is 2. The minimum absolute atomic E-state index is 0.0786. The molecule has 0 aliphatic heterocycles. The van der Waals surface area contributed by atoms with Crippen LogP contribution < -0.4 is 0 Å². The Morgan fingerprint density at radius 2 is 1.64 bits per heavy atom. The summed E-state index contributed by atoms with van der Waals surface area (Å²) in [5, 5.41) is 10.6. The van der Waals surface area contributed by atoms with Gasteiger partial charge in [0, 0.05) is 10.9 Å². The minimum atomic E-state index is -0.860. The van der Waals surface area contributed by atoms with Gasteiger partial charge in [0.2, 0.25) is 0 Å². The molecule has 0 saturated carbocycles. The smallest absolute Gasteiger partial charge is 0.307 e. The summed E-state index contributed by atoms with van der Waals surface area (Å²) in [6, 6.07) is 24.1. The van der Waals surface area contributed by atoms with E-state index in [1.807, 2.05) is 68.4 Å². The number of aliphatic carboxylic acids is 1. The van der Waals surface area contributed by atoms with E-state index in [0.29, 0.717) is 0 Å². The van der Waals surface area contributed by atoms with Gasteiger partial charge in [-0.15, -0.1) is 0 Å². The molecule has 3 nitrogen and oxygen atoms in total. The van der Waals surface area contributed by atoms with Gasteiger partial charge in [-0.2, -0.15) is 0 Å². The van der Waals surface area contributed by atoms with Crippen LogP contribution in [0.1, 0.15) is 16.7 Å². The first-order valence-electron chi connectivity index (χ1n) is 9.31. The van der Waals surface area contributed by atoms with Gasteiger partial charge in [-0.25, -0.2) is 4.98 Å². The summed E-state index contributed by atoms with van der Waals surface area (Å²) in [5.74, 6) is -0.860. The molecular weight excluding hydrogens is 346 g/mol. The fourth-order valence-corrected chi connectivity index (χ4v) is 3.72. The first-order valence-corrected chi connectivity index (χ1v) is 9.31. The van der Waals surface area contributed by atoms with E-state index in [2.05, 4.69) is 18.2 Å². The van der Waals surface area contributed by atoms with Crippen molar-refractivity contribution in [3.05, 3.63) is 89.5 Å². The number of carboxylic acids is 1. The minimum Gasteiger partial charge on any atom is -0.481 e. The molecule has 4 aromatic rings. The summed E-state index contributed by atoms with van der Waals surface area (Å²) in [4.78, 5) is 16.7. The van der Waals surface area contributed by atoms with Gasteiger partial charge in [-0.05, 0) is 48.2 Å². The van der Waals surface area contributed by atoms with Crippen molar-refractivity contribution in [2.75, 3.05) is 0 Å². The zero-order valence-corrected chi connectivity index (χ0v) is 15.9. The highest BCUT2D eigenvalue weighted by molar-refractivity contribution is 6.00. The van der Waals surface area contributed by atoms with E-state index < -0.39 is 5.97 Å². The molecule has 1 aromatic heterocycles. The fourth-order valence-electron chi connectivity index (χ4n) is 3.72. The molecule has 0 amide bonds. The summed E-state index contributed by atoms with van der Waals surface area (Å²) < 4.78 is 0. The molecule has 0 spiro atoms. The Bertz CT molecular complexity index is 1180. The number of hydrogen-bond acceptors (Lipinski definition) is 2. The molecule has 0 unspecified atom stereocenters. The zero-order chi connectivity index (χ0) is 19.7. The van der Waals surface area contributed by atoms with Gasteiger partial charge >= 0.3 is 5.97 Å². The SMILES string of the molecule is Cc1ccc(C)c(-c2nc3ccccc3c(-c3ccccc3)c2CC(=O)O)c1. The molecule has 28 heavy (non-hydrogen) atoms. The Morgan fingerprint density at radius 1 is 0.929 bits per heavy atom. The molecule has 0 radical (unpaired) electrons. The standard InChI is InChI=1S/C25H21NO2/c1-16-12-13-17(2)20(14-16)25-21(15-23(27)28)24(18-8-4-3-5-9-18)19-10-6-7-11-22(19)26-25/h3-14H,15H2,1-2H3,(H,27,28). The zero-order valence-electron chi connectivity index (χ0n) is 15.9. The number of para-hydroxylation sites is 1. The molecule has 0 aliphatic carbocycles. The Hall–Kier alpha value is -3.46. The highest BCUT2D eigenvalue weighted by Gasteiger charge is 2.20. The van der Waals surface area contributed by atoms with Gasteiger partial charge < -0.3 is 5.11 Å². The van der Waals surface area contributed by atoms with Crippen molar-refractivity contribution >= 4 is 16.9 Å². The Morgan fingerprint density at radius 3 is 2.39 bits per heavy atom. The van der Waals surface area contributed by atoms with Crippen molar-refractivity contribution in [2.24, 2.45) is 0 Å². The molecule has 0 bridgehead atoms. The Balaban J connectivity index is 2.16. The number of hydrogen-bond donors (Lipinski definition) is 1. The van der Waals surface area contributed by atoms with Crippen LogP contribution in [0.5, 0.6) is 0 Å². The van der Waals surface area contributed by atoms with Gasteiger partial charge in [0.25, 0.3) is 0 Å². The third-order valence-corrected chi connectivity index (χ3v) is 5.03. The topological polar surface area (TPSA) is 50.2 Å². The van der Waals surface area contributed by atoms with E-state index >= 15 is 0 Å². The van der Waals surface area contributed by atoms with E-state index in [4.69, 9.17) is 4.98 Å². The number of nitrogens with zero attached hydrogens (tertiary/aromatic N) is 1. The van der Waals surface area contributed by atoms with Crippen LogP contribution in [0.2, 0.25) is 0 Å². The molecule has 3 aromatic carbocycles. The van der Waals surface area contributed by atoms with Gasteiger partial charge in [0.1, 0.15) is 0 Å². The second-order valence-corrected chi connectivity index (χ2v) is 7.09. The summed E-state index contributed by atoms with van der Waals surface area (Å²) in [5.41, 5.74) is 7.52. The van der Waals surface area contributed by atoms with Gasteiger partial charge in [0.15, 0.2) is 0 Å². The van der Waals surface area contributed by atoms with Crippen molar-refractivity contribution in [3.63, 3.8) is 0 Å². The lowest BCUT2D eigenvalue weighted by molar-refractivity contribution is -0.136. The van der Waals surface area contributed by atoms with Crippen molar-refractivity contribution in [2.45, 2.75) is 20.3 Å². The van der Waals surface area contributed by atoms with Crippen molar-refractivity contribution < 1.29 is 9.90 Å². The van der Waals surface area contributed by atoms with Gasteiger partial charge in [0.05, 0.1) is 17.6 Å². The Kier molecular flexibility index (Phi) is 4.66. The molecule has 138 valence electrons. The highest BCUT2D eigenvalue weighted by atomic mass is 16.4. The predicted molar refractivity (Wildman–Crippen MR) is 113 cm³/mol. The number of carboxylic acid groups (broad SMARTS) is 1. The van der Waals surface area contributed by atoms with E-state index in [1.165, 1.54) is 0 Å². The second kappa shape index (κ2) is 7.28. The Labute approximate surface area is 164 Å². The first-order chi connectivity index (χ1) is 13.5. The number of benzene rings is 3. The molecule has 0 atom stereocenters. The highest BCUT2D eigenvalue weighted by Crippen LogP contribution is 2.38. The molecule has 0 fully saturated rings. The van der Waals surface area contributed by atoms with E-state index in [-0.39, 0.29) is 6.42 Å². The molecule has 1 N–H and O–H groups in total. The normalized spacial score (nSPS) is 10.9. The molecule has 1 heterocycles. The summed E-state index contributed by atoms with van der Waals surface area (Å²) in [6.45, 7) is 4.08. The maximum absolute atomic E-state index is 11.8. The van der Waals surface area contributed by atoms with Gasteiger partial charge in [-0.3, -0.25) is 4.79 Å². The van der Waals surface area contributed by atoms with Gasteiger partial charge in [-0.1, -0.05) is 66.2 Å². The van der Waals surface area contributed by atoms with Crippen LogP contribution >= 0.6 is 0 Å². The van der Waals surface area contributed by atoms with Crippen LogP contribution in [0.3, 0.4) is 0 Å². The fraction of sp³-hybridized carbons (Fsp3) is 0.120. The van der Waals surface area contributed by atoms with Crippen molar-refractivity contribution in [3.8, 4) is 22.4 Å². The van der Waals surface area contributed by atoms with Crippen LogP contribution in [0.4, 0.5) is 0 Å². The lowest BCUT2D eigenvalue weighted by Gasteiger charge is -2.18. The predicted octanol–water partition coefficient (Wildman–Crippen LogP) is 5.81. The number of rotatable bonds is 4. The van der Waals surface area contributed by atoms with E-state index in [9.17, 15) is 9.90 Å². The largest absolute Gasteiger partial charge is 0.481 e. The first kappa shape index (κ1) is 17.9. The lowest BCUT2D eigenvalue weighted by atomic mass is 9.89. The second-order valence-electron chi connectivity index (χ2n) is 7.09. The summed E-state index contributed by atoms with van der Waals surface area (Å²) in [6.07, 6.45) is -0.0786. The quantitative estimate of drug-likeness (QED) is 0.495. The number of carbonyl (C=O) groups is 1. The van der Waals surface area contributed by atoms with E-state index in [1.54, 1.807) is 0 Å². The molecular formula is C25H21NO2. The molecule has 0 aliphatic rings. The average molecular weight is 367 g/mol.